The van der Waals surface area contributed by atoms with Crippen LogP contribution in [0, 0.1) is 11.7 Å². The van der Waals surface area contributed by atoms with Crippen molar-refractivity contribution in [1.29, 1.82) is 0 Å². The largest absolute Gasteiger partial charge is 0.465 e. The van der Waals surface area contributed by atoms with Crippen LogP contribution in [0.5, 0.6) is 0 Å². The fraction of sp³-hybridized carbons (Fsp3) is 0.417. The van der Waals surface area contributed by atoms with Crippen molar-refractivity contribution in [2.75, 3.05) is 44.7 Å². The highest BCUT2D eigenvalue weighted by molar-refractivity contribution is 5.92. The Labute approximate surface area is 183 Å². The summed E-state index contributed by atoms with van der Waals surface area (Å²) in [6, 6.07) is 12.8. The molecule has 2 amide bonds. The molecule has 1 aliphatic rings. The normalized spacial score (nSPS) is 14.5. The van der Waals surface area contributed by atoms with Crippen molar-refractivity contribution in [2.24, 2.45) is 5.92 Å². The third-order valence-electron chi connectivity index (χ3n) is 5.33. The zero-order chi connectivity index (χ0) is 22.4. The van der Waals surface area contributed by atoms with Gasteiger partial charge in [-0.25, -0.2) is 14.0 Å². The monoisotopic (exact) mass is 427 g/mol. The molecule has 0 atom stereocenters. The van der Waals surface area contributed by atoms with E-state index in [1.165, 1.54) is 19.2 Å². The summed E-state index contributed by atoms with van der Waals surface area (Å²) >= 11 is 0. The summed E-state index contributed by atoms with van der Waals surface area (Å²) in [6.07, 6.45) is 0. The summed E-state index contributed by atoms with van der Waals surface area (Å²) in [7, 11) is 1.33. The minimum Gasteiger partial charge on any atom is -0.465 e. The third-order valence-corrected chi connectivity index (χ3v) is 5.33. The van der Waals surface area contributed by atoms with Crippen LogP contribution >= 0.6 is 0 Å². The maximum absolute atomic E-state index is 13.9. The first kappa shape index (κ1) is 22.7. The lowest BCUT2D eigenvalue weighted by Crippen LogP contribution is -2.53. The second-order valence-electron chi connectivity index (χ2n) is 8.22. The van der Waals surface area contributed by atoms with Gasteiger partial charge >= 0.3 is 12.0 Å². The van der Waals surface area contributed by atoms with Gasteiger partial charge in [0.05, 0.1) is 19.2 Å². The molecule has 0 aromatic heterocycles. The molecule has 1 saturated heterocycles. The number of halogens is 1. The molecule has 0 N–H and O–H groups in total. The molecule has 166 valence electrons. The van der Waals surface area contributed by atoms with Crippen LogP contribution < -0.4 is 4.90 Å². The average molecular weight is 428 g/mol. The first-order valence-corrected chi connectivity index (χ1v) is 10.6. The predicted molar refractivity (Wildman–Crippen MR) is 119 cm³/mol. The van der Waals surface area contributed by atoms with Gasteiger partial charge in [-0.05, 0) is 41.8 Å². The van der Waals surface area contributed by atoms with E-state index >= 15 is 0 Å². The molecule has 31 heavy (non-hydrogen) atoms. The van der Waals surface area contributed by atoms with E-state index in [2.05, 4.69) is 18.7 Å². The summed E-state index contributed by atoms with van der Waals surface area (Å²) in [5.41, 5.74) is 1.78. The van der Waals surface area contributed by atoms with Gasteiger partial charge in [0, 0.05) is 38.4 Å². The summed E-state index contributed by atoms with van der Waals surface area (Å²) in [4.78, 5) is 30.9. The van der Waals surface area contributed by atoms with Crippen molar-refractivity contribution in [3.63, 3.8) is 0 Å². The van der Waals surface area contributed by atoms with Crippen molar-refractivity contribution in [1.82, 2.24) is 9.80 Å². The molecule has 2 aromatic carbocycles. The van der Waals surface area contributed by atoms with Crippen LogP contribution in [0.25, 0.3) is 0 Å². The number of carbonyl (C=O) groups is 2. The van der Waals surface area contributed by atoms with Crippen LogP contribution in [-0.4, -0.2) is 61.6 Å². The van der Waals surface area contributed by atoms with Gasteiger partial charge in [0.1, 0.15) is 5.82 Å². The van der Waals surface area contributed by atoms with Crippen LogP contribution in [0.3, 0.4) is 0 Å². The van der Waals surface area contributed by atoms with Crippen LogP contribution in [0.2, 0.25) is 0 Å². The number of methoxy groups -OCH3 is 1. The molecule has 0 unspecified atom stereocenters. The highest BCUT2D eigenvalue weighted by atomic mass is 19.1. The lowest BCUT2D eigenvalue weighted by Gasteiger charge is -2.38. The first-order chi connectivity index (χ1) is 14.9. The number of ether oxygens (including phenoxy) is 1. The summed E-state index contributed by atoms with van der Waals surface area (Å²) in [5, 5.41) is 0. The quantitative estimate of drug-likeness (QED) is 0.654. The molecule has 0 bridgehead atoms. The number of carbonyl (C=O) groups excluding carboxylic acids is 2. The van der Waals surface area contributed by atoms with Gasteiger partial charge in [-0.3, -0.25) is 9.80 Å². The van der Waals surface area contributed by atoms with E-state index in [1.807, 2.05) is 4.90 Å². The van der Waals surface area contributed by atoms with E-state index in [-0.39, 0.29) is 12.6 Å². The number of amides is 2. The number of nitrogens with zero attached hydrogens (tertiary/aromatic N) is 3. The first-order valence-electron chi connectivity index (χ1n) is 10.6. The standard InChI is InChI=1S/C24H30FN3O3/c1-18(2)16-26-11-13-27(14-12-26)24(30)28(22-6-4-5-21(25)15-22)17-19-7-9-20(10-8-19)23(29)31-3/h4-10,15,18H,11-14,16-17H2,1-3H3. The molecule has 1 fully saturated rings. The molecule has 0 saturated carbocycles. The second-order valence-corrected chi connectivity index (χ2v) is 8.22. The molecular formula is C24H30FN3O3. The number of esters is 1. The molecule has 1 heterocycles. The van der Waals surface area contributed by atoms with Crippen LogP contribution in [0.4, 0.5) is 14.9 Å². The third kappa shape index (κ3) is 6.04. The highest BCUT2D eigenvalue weighted by Gasteiger charge is 2.27. The van der Waals surface area contributed by atoms with Gasteiger partial charge in [0.2, 0.25) is 0 Å². The fourth-order valence-electron chi connectivity index (χ4n) is 3.77. The Morgan fingerprint density at radius 2 is 1.74 bits per heavy atom. The fourth-order valence-corrected chi connectivity index (χ4v) is 3.77. The topological polar surface area (TPSA) is 53.1 Å². The van der Waals surface area contributed by atoms with Gasteiger partial charge in [0.15, 0.2) is 0 Å². The second kappa shape index (κ2) is 10.4. The van der Waals surface area contributed by atoms with E-state index in [1.54, 1.807) is 41.3 Å². The Kier molecular flexibility index (Phi) is 7.63. The predicted octanol–water partition coefficient (Wildman–Crippen LogP) is 4.01. The maximum atomic E-state index is 13.9. The Balaban J connectivity index is 1.77. The van der Waals surface area contributed by atoms with Crippen LogP contribution in [0.15, 0.2) is 48.5 Å². The summed E-state index contributed by atoms with van der Waals surface area (Å²) in [6.45, 7) is 8.60. The van der Waals surface area contributed by atoms with Crippen molar-refractivity contribution in [3.8, 4) is 0 Å². The smallest absolute Gasteiger partial charge is 0.337 e. The summed E-state index contributed by atoms with van der Waals surface area (Å²) < 4.78 is 18.6. The number of piperazine rings is 1. The van der Waals surface area contributed by atoms with Crippen molar-refractivity contribution >= 4 is 17.7 Å². The van der Waals surface area contributed by atoms with Gasteiger partial charge in [-0.2, -0.15) is 0 Å². The van der Waals surface area contributed by atoms with E-state index in [4.69, 9.17) is 4.74 Å². The van der Waals surface area contributed by atoms with Crippen LogP contribution in [0.1, 0.15) is 29.8 Å². The van der Waals surface area contributed by atoms with E-state index in [0.717, 1.165) is 25.2 Å². The van der Waals surface area contributed by atoms with Crippen molar-refractivity contribution in [2.45, 2.75) is 20.4 Å². The molecule has 0 radical (unpaired) electrons. The minimum absolute atomic E-state index is 0.146. The molecular weight excluding hydrogens is 397 g/mol. The van der Waals surface area contributed by atoms with Gasteiger partial charge < -0.3 is 9.64 Å². The Bertz CT molecular complexity index is 893. The number of benzene rings is 2. The van der Waals surface area contributed by atoms with Crippen molar-refractivity contribution < 1.29 is 18.7 Å². The van der Waals surface area contributed by atoms with Crippen LogP contribution in [-0.2, 0) is 11.3 Å². The zero-order valence-electron chi connectivity index (χ0n) is 18.4. The number of urea groups is 1. The molecule has 1 aliphatic heterocycles. The highest BCUT2D eigenvalue weighted by Crippen LogP contribution is 2.22. The minimum atomic E-state index is -0.413. The number of hydrogen-bond donors (Lipinski definition) is 0. The van der Waals surface area contributed by atoms with Gasteiger partial charge in [-0.15, -0.1) is 0 Å². The SMILES string of the molecule is COC(=O)c1ccc(CN(C(=O)N2CCN(CC(C)C)CC2)c2cccc(F)c2)cc1. The summed E-state index contributed by atoms with van der Waals surface area (Å²) in [5.74, 6) is -0.221. The zero-order valence-corrected chi connectivity index (χ0v) is 18.4. The maximum Gasteiger partial charge on any atom is 0.337 e. The molecule has 3 rings (SSSR count). The lowest BCUT2D eigenvalue weighted by atomic mass is 10.1. The Morgan fingerprint density at radius 3 is 2.32 bits per heavy atom. The lowest BCUT2D eigenvalue weighted by molar-refractivity contribution is 0.0600. The average Bonchev–Trinajstić information content (AvgIpc) is 2.77. The molecule has 7 heteroatoms. The van der Waals surface area contributed by atoms with E-state index < -0.39 is 11.8 Å². The molecule has 2 aromatic rings. The van der Waals surface area contributed by atoms with Gasteiger partial charge in [-0.1, -0.05) is 32.0 Å². The van der Waals surface area contributed by atoms with E-state index in [0.29, 0.717) is 30.3 Å². The number of hydrogen-bond acceptors (Lipinski definition) is 4. The van der Waals surface area contributed by atoms with Crippen molar-refractivity contribution in [3.05, 3.63) is 65.5 Å². The molecule has 0 aliphatic carbocycles. The molecule has 0 spiro atoms. The molecule has 6 nitrogen and oxygen atoms in total. The Hall–Kier alpha value is -2.93. The number of rotatable bonds is 6. The number of anilines is 1. The van der Waals surface area contributed by atoms with Gasteiger partial charge in [0.25, 0.3) is 0 Å². The Morgan fingerprint density at radius 1 is 1.06 bits per heavy atom. The van der Waals surface area contributed by atoms with E-state index in [9.17, 15) is 14.0 Å².